The van der Waals surface area contributed by atoms with Gasteiger partial charge in [-0.05, 0) is 25.8 Å². The van der Waals surface area contributed by atoms with E-state index in [2.05, 4.69) is 0 Å². The van der Waals surface area contributed by atoms with Gasteiger partial charge in [0.15, 0.2) is 6.23 Å². The maximum atomic E-state index is 11.2. The number of hydrogen-bond acceptors (Lipinski definition) is 2. The first kappa shape index (κ1) is 11.9. The minimum Gasteiger partial charge on any atom is -0.465 e. The van der Waals surface area contributed by atoms with Crippen molar-refractivity contribution in [1.82, 2.24) is 4.90 Å². The maximum absolute atomic E-state index is 11.2. The Bertz CT molecular complexity index is 417. The lowest BCUT2D eigenvalue weighted by atomic mass is 9.98. The Balaban J connectivity index is 2.35. The predicted molar refractivity (Wildman–Crippen MR) is 63.8 cm³/mol. The van der Waals surface area contributed by atoms with Crippen LogP contribution in [0.5, 0.6) is 0 Å². The average molecular weight is 235 g/mol. The second-order valence-corrected chi connectivity index (χ2v) is 4.46. The zero-order valence-electron chi connectivity index (χ0n) is 10.1. The number of amides is 1. The van der Waals surface area contributed by atoms with Crippen LogP contribution in [0, 0.1) is 0 Å². The Morgan fingerprint density at radius 3 is 2.82 bits per heavy atom. The zero-order valence-corrected chi connectivity index (χ0v) is 10.1. The van der Waals surface area contributed by atoms with Gasteiger partial charge >= 0.3 is 6.09 Å². The van der Waals surface area contributed by atoms with Crippen LogP contribution in [0.2, 0.25) is 0 Å². The lowest BCUT2D eigenvalue weighted by Crippen LogP contribution is -2.41. The van der Waals surface area contributed by atoms with Crippen molar-refractivity contribution in [3.8, 4) is 0 Å². The number of rotatable bonds is 2. The van der Waals surface area contributed by atoms with E-state index in [1.807, 2.05) is 38.1 Å². The van der Waals surface area contributed by atoms with Gasteiger partial charge in [-0.2, -0.15) is 0 Å². The molecule has 0 aliphatic carbocycles. The number of nitrogens with zero attached hydrogens (tertiary/aromatic N) is 1. The van der Waals surface area contributed by atoms with Crippen LogP contribution in [0.25, 0.3) is 0 Å². The van der Waals surface area contributed by atoms with Crippen LogP contribution >= 0.6 is 0 Å². The summed E-state index contributed by atoms with van der Waals surface area (Å²) in [5.74, 6) is 0. The molecule has 1 heterocycles. The van der Waals surface area contributed by atoms with Crippen LogP contribution in [0.15, 0.2) is 24.3 Å². The van der Waals surface area contributed by atoms with Crippen molar-refractivity contribution in [2.75, 3.05) is 6.54 Å². The first-order valence-electron chi connectivity index (χ1n) is 5.82. The molecule has 4 heteroatoms. The molecular formula is C13H17NO3. The Hall–Kier alpha value is -1.55. The van der Waals surface area contributed by atoms with Crippen LogP contribution in [-0.4, -0.2) is 28.7 Å². The van der Waals surface area contributed by atoms with E-state index in [0.717, 1.165) is 12.0 Å². The van der Waals surface area contributed by atoms with Gasteiger partial charge in [0, 0.05) is 12.1 Å². The number of fused-ring (bicyclic) bond motifs is 1. The molecule has 92 valence electrons. The standard InChI is InChI=1S/C13H17NO3/c1-9(2)17-12-11-6-4-3-5-10(11)7-8-14(12)13(15)16/h3-6,9,12H,7-8H2,1-2H3,(H,15,16). The molecule has 1 aromatic rings. The van der Waals surface area contributed by atoms with Crippen LogP contribution in [0.4, 0.5) is 4.79 Å². The SMILES string of the molecule is CC(C)OC1c2ccccc2CCN1C(=O)O. The van der Waals surface area contributed by atoms with Crippen molar-refractivity contribution < 1.29 is 14.6 Å². The molecule has 1 unspecified atom stereocenters. The Kier molecular flexibility index (Phi) is 3.33. The summed E-state index contributed by atoms with van der Waals surface area (Å²) in [6.45, 7) is 4.32. The molecule has 1 aliphatic heterocycles. The quantitative estimate of drug-likeness (QED) is 0.857. The van der Waals surface area contributed by atoms with Crippen molar-refractivity contribution in [2.45, 2.75) is 32.6 Å². The summed E-state index contributed by atoms with van der Waals surface area (Å²) in [5.41, 5.74) is 2.14. The molecule has 0 aromatic heterocycles. The molecule has 0 fully saturated rings. The van der Waals surface area contributed by atoms with E-state index in [-0.39, 0.29) is 6.10 Å². The van der Waals surface area contributed by atoms with Gasteiger partial charge in [0.25, 0.3) is 0 Å². The molecule has 1 atom stereocenters. The van der Waals surface area contributed by atoms with Gasteiger partial charge < -0.3 is 9.84 Å². The summed E-state index contributed by atoms with van der Waals surface area (Å²) in [6, 6.07) is 7.87. The molecule has 0 saturated heterocycles. The number of hydrogen-bond donors (Lipinski definition) is 1. The van der Waals surface area contributed by atoms with Gasteiger partial charge in [0.2, 0.25) is 0 Å². The molecule has 4 nitrogen and oxygen atoms in total. The molecule has 0 saturated carbocycles. The fraction of sp³-hybridized carbons (Fsp3) is 0.462. The van der Waals surface area contributed by atoms with Crippen LogP contribution in [-0.2, 0) is 11.2 Å². The van der Waals surface area contributed by atoms with Gasteiger partial charge in [-0.1, -0.05) is 24.3 Å². The molecule has 17 heavy (non-hydrogen) atoms. The minimum atomic E-state index is -0.926. The topological polar surface area (TPSA) is 49.8 Å². The molecular weight excluding hydrogens is 218 g/mol. The summed E-state index contributed by atoms with van der Waals surface area (Å²) < 4.78 is 5.74. The lowest BCUT2D eigenvalue weighted by molar-refractivity contribution is -0.0837. The molecule has 1 N–H and O–H groups in total. The summed E-state index contributed by atoms with van der Waals surface area (Å²) in [6.07, 6.45) is -0.656. The van der Waals surface area contributed by atoms with Crippen molar-refractivity contribution >= 4 is 6.09 Å². The van der Waals surface area contributed by atoms with Gasteiger partial charge in [0.05, 0.1) is 6.10 Å². The highest BCUT2D eigenvalue weighted by atomic mass is 16.5. The first-order chi connectivity index (χ1) is 8.09. The van der Waals surface area contributed by atoms with E-state index in [1.54, 1.807) is 0 Å². The maximum Gasteiger partial charge on any atom is 0.409 e. The molecule has 1 aromatic carbocycles. The van der Waals surface area contributed by atoms with E-state index in [9.17, 15) is 9.90 Å². The molecule has 0 radical (unpaired) electrons. The molecule has 0 spiro atoms. The van der Waals surface area contributed by atoms with Crippen LogP contribution in [0.3, 0.4) is 0 Å². The molecule has 1 aliphatic rings. The largest absolute Gasteiger partial charge is 0.465 e. The number of benzene rings is 1. The van der Waals surface area contributed by atoms with E-state index in [0.29, 0.717) is 6.54 Å². The Morgan fingerprint density at radius 1 is 1.47 bits per heavy atom. The summed E-state index contributed by atoms with van der Waals surface area (Å²) >= 11 is 0. The summed E-state index contributed by atoms with van der Waals surface area (Å²) in [7, 11) is 0. The number of ether oxygens (including phenoxy) is 1. The number of carbonyl (C=O) groups is 1. The second-order valence-electron chi connectivity index (χ2n) is 4.46. The van der Waals surface area contributed by atoms with E-state index < -0.39 is 12.3 Å². The smallest absolute Gasteiger partial charge is 0.409 e. The van der Waals surface area contributed by atoms with Gasteiger partial charge in [-0.25, -0.2) is 4.79 Å². The van der Waals surface area contributed by atoms with Crippen LogP contribution < -0.4 is 0 Å². The van der Waals surface area contributed by atoms with Crippen LogP contribution in [0.1, 0.15) is 31.2 Å². The van der Waals surface area contributed by atoms with Gasteiger partial charge in [0.1, 0.15) is 0 Å². The number of carboxylic acid groups (broad SMARTS) is 1. The normalized spacial score (nSPS) is 19.2. The zero-order chi connectivity index (χ0) is 12.4. The van der Waals surface area contributed by atoms with E-state index in [4.69, 9.17) is 4.74 Å². The predicted octanol–water partition coefficient (Wildman–Crippen LogP) is 2.65. The van der Waals surface area contributed by atoms with E-state index in [1.165, 1.54) is 10.5 Å². The minimum absolute atomic E-state index is 0.00648. The Labute approximate surface area is 101 Å². The first-order valence-corrected chi connectivity index (χ1v) is 5.82. The third-order valence-electron chi connectivity index (χ3n) is 2.87. The van der Waals surface area contributed by atoms with E-state index >= 15 is 0 Å². The monoisotopic (exact) mass is 235 g/mol. The highest BCUT2D eigenvalue weighted by Crippen LogP contribution is 2.31. The van der Waals surface area contributed by atoms with Crippen molar-refractivity contribution in [3.05, 3.63) is 35.4 Å². The fourth-order valence-electron chi connectivity index (χ4n) is 2.13. The van der Waals surface area contributed by atoms with Gasteiger partial charge in [-0.15, -0.1) is 0 Å². The summed E-state index contributed by atoms with van der Waals surface area (Å²) in [5, 5.41) is 9.19. The second kappa shape index (κ2) is 4.75. The fourth-order valence-corrected chi connectivity index (χ4v) is 2.13. The third kappa shape index (κ3) is 2.42. The lowest BCUT2D eigenvalue weighted by Gasteiger charge is -2.36. The third-order valence-corrected chi connectivity index (χ3v) is 2.87. The summed E-state index contributed by atoms with van der Waals surface area (Å²) in [4.78, 5) is 12.6. The van der Waals surface area contributed by atoms with Crippen molar-refractivity contribution in [1.29, 1.82) is 0 Å². The Morgan fingerprint density at radius 2 is 2.18 bits per heavy atom. The molecule has 1 amide bonds. The van der Waals surface area contributed by atoms with Crippen molar-refractivity contribution in [2.24, 2.45) is 0 Å². The van der Waals surface area contributed by atoms with Crippen molar-refractivity contribution in [3.63, 3.8) is 0 Å². The van der Waals surface area contributed by atoms with Gasteiger partial charge in [-0.3, -0.25) is 4.90 Å². The molecule has 0 bridgehead atoms. The highest BCUT2D eigenvalue weighted by molar-refractivity contribution is 5.66. The average Bonchev–Trinajstić information content (AvgIpc) is 2.28. The molecule has 2 rings (SSSR count). The highest BCUT2D eigenvalue weighted by Gasteiger charge is 2.31.